The standard InChI is InChI=1S/C22H28O2P2/c1-21(2,3)25-13-23-17-11-7-9-15(19(17)25)16-10-8-12-18-20(16)26(14-24-18)22(4,5)6/h7-12H,13-14H2,1-6H3. The van der Waals surface area contributed by atoms with Crippen LogP contribution >= 0.6 is 15.8 Å². The Morgan fingerprint density at radius 3 is 1.38 bits per heavy atom. The molecule has 0 saturated heterocycles. The highest BCUT2D eigenvalue weighted by Crippen LogP contribution is 2.58. The number of ether oxygens (including phenoxy) is 2. The van der Waals surface area contributed by atoms with Gasteiger partial charge in [0.15, 0.2) is 0 Å². The van der Waals surface area contributed by atoms with Gasteiger partial charge in [0.2, 0.25) is 0 Å². The largest absolute Gasteiger partial charge is 0.488 e. The number of benzene rings is 2. The summed E-state index contributed by atoms with van der Waals surface area (Å²) in [6.07, 6.45) is 1.68. The molecule has 4 rings (SSSR count). The molecular formula is C22H28O2P2. The van der Waals surface area contributed by atoms with Crippen LogP contribution in [0.2, 0.25) is 0 Å². The smallest absolute Gasteiger partial charge is 0.128 e. The molecule has 0 fully saturated rings. The maximum Gasteiger partial charge on any atom is 0.128 e. The molecule has 2 nitrogen and oxygen atoms in total. The SMILES string of the molecule is CC(C)(C)P1COc2cccc(-c3cccc4c3P(C(C)(C)C)CO4)c21. The fraction of sp³-hybridized carbons (Fsp3) is 0.455. The third-order valence-corrected chi connectivity index (χ3v) is 11.2. The van der Waals surface area contributed by atoms with Crippen LogP contribution in [0.5, 0.6) is 11.5 Å². The molecule has 2 atom stereocenters. The van der Waals surface area contributed by atoms with Crippen molar-refractivity contribution in [1.82, 2.24) is 0 Å². The summed E-state index contributed by atoms with van der Waals surface area (Å²) in [5.41, 5.74) is 2.72. The third-order valence-electron chi connectivity index (χ3n) is 5.15. The first-order chi connectivity index (χ1) is 12.2. The fourth-order valence-electron chi connectivity index (χ4n) is 3.72. The van der Waals surface area contributed by atoms with Gasteiger partial charge in [0, 0.05) is 10.6 Å². The lowest BCUT2D eigenvalue weighted by atomic mass is 10.0. The van der Waals surface area contributed by atoms with E-state index in [1.54, 1.807) is 0 Å². The molecule has 0 radical (unpaired) electrons. The molecule has 0 bridgehead atoms. The second kappa shape index (κ2) is 6.22. The Bertz CT molecular complexity index is 775. The Hall–Kier alpha value is -1.10. The van der Waals surface area contributed by atoms with E-state index in [0.29, 0.717) is 0 Å². The molecule has 2 aromatic carbocycles. The zero-order chi connectivity index (χ0) is 18.7. The lowest BCUT2D eigenvalue weighted by Gasteiger charge is -2.30. The average Bonchev–Trinajstić information content (AvgIpc) is 3.17. The van der Waals surface area contributed by atoms with E-state index in [1.165, 1.54) is 21.7 Å². The molecule has 2 unspecified atom stereocenters. The monoisotopic (exact) mass is 386 g/mol. The maximum absolute atomic E-state index is 6.12. The van der Waals surface area contributed by atoms with Gasteiger partial charge in [-0.1, -0.05) is 65.8 Å². The van der Waals surface area contributed by atoms with Crippen molar-refractivity contribution in [2.24, 2.45) is 0 Å². The van der Waals surface area contributed by atoms with Crippen molar-refractivity contribution in [3.63, 3.8) is 0 Å². The average molecular weight is 386 g/mol. The predicted molar refractivity (Wildman–Crippen MR) is 115 cm³/mol. The number of hydrogen-bond donors (Lipinski definition) is 0. The Balaban J connectivity index is 1.93. The molecule has 0 N–H and O–H groups in total. The molecule has 2 aliphatic heterocycles. The lowest BCUT2D eigenvalue weighted by molar-refractivity contribution is 0.399. The van der Waals surface area contributed by atoms with Crippen LogP contribution in [-0.4, -0.2) is 23.0 Å². The van der Waals surface area contributed by atoms with Gasteiger partial charge < -0.3 is 9.47 Å². The lowest BCUT2D eigenvalue weighted by Crippen LogP contribution is -2.22. The second-order valence-electron chi connectivity index (χ2n) is 9.05. The zero-order valence-corrected chi connectivity index (χ0v) is 18.4. The van der Waals surface area contributed by atoms with Gasteiger partial charge in [-0.05, 0) is 49.4 Å². The summed E-state index contributed by atoms with van der Waals surface area (Å²) in [6.45, 7) is 14.1. The van der Waals surface area contributed by atoms with Gasteiger partial charge in [-0.3, -0.25) is 0 Å². The van der Waals surface area contributed by atoms with Gasteiger partial charge in [-0.15, -0.1) is 0 Å². The van der Waals surface area contributed by atoms with Crippen LogP contribution in [0.1, 0.15) is 41.5 Å². The Labute approximate surface area is 159 Å². The first kappa shape index (κ1) is 18.3. The molecule has 2 aliphatic rings. The molecular weight excluding hydrogens is 358 g/mol. The predicted octanol–water partition coefficient (Wildman–Crippen LogP) is 5.86. The first-order valence-corrected chi connectivity index (χ1v) is 12.3. The Kier molecular flexibility index (Phi) is 4.37. The third kappa shape index (κ3) is 2.96. The highest BCUT2D eigenvalue weighted by molar-refractivity contribution is 7.68. The van der Waals surface area contributed by atoms with Crippen LogP contribution in [0.4, 0.5) is 0 Å². The molecule has 138 valence electrons. The van der Waals surface area contributed by atoms with Crippen molar-refractivity contribution in [1.29, 1.82) is 0 Å². The van der Waals surface area contributed by atoms with Crippen molar-refractivity contribution >= 4 is 26.5 Å². The molecule has 2 aromatic rings. The van der Waals surface area contributed by atoms with Crippen molar-refractivity contribution in [2.75, 3.05) is 12.7 Å². The van der Waals surface area contributed by atoms with Crippen LogP contribution in [0.15, 0.2) is 36.4 Å². The quantitative estimate of drug-likeness (QED) is 0.571. The van der Waals surface area contributed by atoms with E-state index in [4.69, 9.17) is 9.47 Å². The van der Waals surface area contributed by atoms with Crippen molar-refractivity contribution < 1.29 is 9.47 Å². The summed E-state index contributed by atoms with van der Waals surface area (Å²) in [5, 5.41) is 3.36. The van der Waals surface area contributed by atoms with Crippen LogP contribution in [0.3, 0.4) is 0 Å². The van der Waals surface area contributed by atoms with Gasteiger partial charge in [0.1, 0.15) is 24.2 Å². The van der Waals surface area contributed by atoms with E-state index < -0.39 is 0 Å². The first-order valence-electron chi connectivity index (χ1n) is 9.25. The van der Waals surface area contributed by atoms with Gasteiger partial charge >= 0.3 is 0 Å². The van der Waals surface area contributed by atoms with E-state index in [2.05, 4.69) is 77.9 Å². The fourth-order valence-corrected chi connectivity index (χ4v) is 8.42. The van der Waals surface area contributed by atoms with E-state index in [0.717, 1.165) is 24.2 Å². The summed E-state index contributed by atoms with van der Waals surface area (Å²) in [7, 11) is -0.702. The second-order valence-corrected chi connectivity index (χ2v) is 14.9. The van der Waals surface area contributed by atoms with Crippen LogP contribution < -0.4 is 20.1 Å². The minimum absolute atomic E-state index is 0.236. The summed E-state index contributed by atoms with van der Waals surface area (Å²) < 4.78 is 12.2. The van der Waals surface area contributed by atoms with Gasteiger partial charge in [0.25, 0.3) is 0 Å². The molecule has 0 aromatic heterocycles. The molecule has 4 heteroatoms. The Morgan fingerprint density at radius 2 is 1.04 bits per heavy atom. The van der Waals surface area contributed by atoms with Gasteiger partial charge in [-0.2, -0.15) is 0 Å². The summed E-state index contributed by atoms with van der Waals surface area (Å²) in [4.78, 5) is 0. The molecule has 0 saturated carbocycles. The molecule has 0 spiro atoms. The van der Waals surface area contributed by atoms with Crippen molar-refractivity contribution in [3.05, 3.63) is 36.4 Å². The van der Waals surface area contributed by atoms with Crippen LogP contribution in [0.25, 0.3) is 11.1 Å². The number of fused-ring (bicyclic) bond motifs is 2. The zero-order valence-electron chi connectivity index (χ0n) is 16.6. The van der Waals surface area contributed by atoms with Crippen LogP contribution in [0, 0.1) is 0 Å². The Morgan fingerprint density at radius 1 is 0.654 bits per heavy atom. The highest BCUT2D eigenvalue weighted by Gasteiger charge is 2.39. The van der Waals surface area contributed by atoms with E-state index in [1.807, 2.05) is 0 Å². The topological polar surface area (TPSA) is 18.5 Å². The summed E-state index contributed by atoms with van der Waals surface area (Å²) in [5.74, 6) is 2.17. The van der Waals surface area contributed by atoms with E-state index >= 15 is 0 Å². The number of hydrogen-bond acceptors (Lipinski definition) is 2. The molecule has 2 heterocycles. The highest BCUT2D eigenvalue weighted by atomic mass is 31.1. The maximum atomic E-state index is 6.12. The van der Waals surface area contributed by atoms with Crippen molar-refractivity contribution in [3.8, 4) is 22.6 Å². The van der Waals surface area contributed by atoms with Crippen molar-refractivity contribution in [2.45, 2.75) is 51.9 Å². The molecule has 0 aliphatic carbocycles. The minimum Gasteiger partial charge on any atom is -0.488 e. The van der Waals surface area contributed by atoms with Gasteiger partial charge in [0.05, 0.1) is 0 Å². The van der Waals surface area contributed by atoms with Gasteiger partial charge in [-0.25, -0.2) is 0 Å². The summed E-state index contributed by atoms with van der Waals surface area (Å²) >= 11 is 0. The number of rotatable bonds is 1. The molecule has 26 heavy (non-hydrogen) atoms. The summed E-state index contributed by atoms with van der Waals surface area (Å²) in [6, 6.07) is 13.1. The normalized spacial score (nSPS) is 21.8. The minimum atomic E-state index is -0.351. The van der Waals surface area contributed by atoms with E-state index in [9.17, 15) is 0 Å². The van der Waals surface area contributed by atoms with E-state index in [-0.39, 0.29) is 26.2 Å². The van der Waals surface area contributed by atoms with Crippen LogP contribution in [-0.2, 0) is 0 Å². The molecule has 0 amide bonds.